The van der Waals surface area contributed by atoms with Crippen molar-refractivity contribution >= 4 is 51.5 Å². The highest BCUT2D eigenvalue weighted by Crippen LogP contribution is 2.14. The van der Waals surface area contributed by atoms with Crippen LogP contribution in [0.1, 0.15) is 21.5 Å². The number of carbonyl (C=O) groups is 1. The molecule has 1 amide bonds. The second-order valence-electron chi connectivity index (χ2n) is 4.72. The molecule has 0 bridgehead atoms. The summed E-state index contributed by atoms with van der Waals surface area (Å²) in [6.45, 7) is 4.09. The van der Waals surface area contributed by atoms with E-state index in [1.165, 1.54) is 11.1 Å². The van der Waals surface area contributed by atoms with Gasteiger partial charge in [0.2, 0.25) is 0 Å². The lowest BCUT2D eigenvalue weighted by Crippen LogP contribution is -2.34. The van der Waals surface area contributed by atoms with Gasteiger partial charge in [-0.15, -0.1) is 0 Å². The zero-order valence-corrected chi connectivity index (χ0v) is 14.7. The standard InChI is InChI=1S/C16H15IN2OS/c1-10-6-7-14(8-11(10)2)18-16(21)19-15(20)12-4-3-5-13(17)9-12/h3-9H,1-2H3,(H2,18,19,20,21). The summed E-state index contributed by atoms with van der Waals surface area (Å²) in [5.41, 5.74) is 3.85. The van der Waals surface area contributed by atoms with Crippen molar-refractivity contribution in [2.24, 2.45) is 0 Å². The number of aryl methyl sites for hydroxylation is 2. The minimum atomic E-state index is -0.213. The van der Waals surface area contributed by atoms with Gasteiger partial charge in [0.1, 0.15) is 0 Å². The summed E-state index contributed by atoms with van der Waals surface area (Å²) in [7, 11) is 0. The van der Waals surface area contributed by atoms with Gasteiger partial charge in [-0.05, 0) is 90.1 Å². The summed E-state index contributed by atoms with van der Waals surface area (Å²) in [5.74, 6) is -0.213. The summed E-state index contributed by atoms with van der Waals surface area (Å²) in [4.78, 5) is 12.1. The lowest BCUT2D eigenvalue weighted by atomic mass is 10.1. The van der Waals surface area contributed by atoms with E-state index in [-0.39, 0.29) is 5.91 Å². The molecule has 0 radical (unpaired) electrons. The molecule has 0 unspecified atom stereocenters. The quantitative estimate of drug-likeness (QED) is 0.580. The minimum absolute atomic E-state index is 0.213. The molecule has 0 saturated heterocycles. The van der Waals surface area contributed by atoms with Crippen molar-refractivity contribution in [2.45, 2.75) is 13.8 Å². The molecule has 2 N–H and O–H groups in total. The predicted molar refractivity (Wildman–Crippen MR) is 98.8 cm³/mol. The molecule has 0 heterocycles. The number of nitrogens with one attached hydrogen (secondary N) is 2. The predicted octanol–water partition coefficient (Wildman–Crippen LogP) is 4.03. The van der Waals surface area contributed by atoms with E-state index >= 15 is 0 Å². The Bertz CT molecular complexity index is 700. The largest absolute Gasteiger partial charge is 0.332 e. The molecule has 108 valence electrons. The summed E-state index contributed by atoms with van der Waals surface area (Å²) >= 11 is 7.35. The Hall–Kier alpha value is -1.47. The van der Waals surface area contributed by atoms with E-state index < -0.39 is 0 Å². The number of thiocarbonyl (C=S) groups is 1. The number of anilines is 1. The molecule has 0 fully saturated rings. The van der Waals surface area contributed by atoms with Crippen LogP contribution < -0.4 is 10.6 Å². The summed E-state index contributed by atoms with van der Waals surface area (Å²) < 4.78 is 1.01. The molecule has 0 aliphatic heterocycles. The maximum atomic E-state index is 12.1. The van der Waals surface area contributed by atoms with Gasteiger partial charge in [-0.2, -0.15) is 0 Å². The zero-order chi connectivity index (χ0) is 15.4. The number of hydrogen-bond donors (Lipinski definition) is 2. The molecule has 2 aromatic carbocycles. The number of benzene rings is 2. The van der Waals surface area contributed by atoms with Crippen LogP contribution in [-0.4, -0.2) is 11.0 Å². The Balaban J connectivity index is 2.01. The summed E-state index contributed by atoms with van der Waals surface area (Å²) in [6.07, 6.45) is 0. The molecule has 2 aromatic rings. The Kier molecular flexibility index (Phi) is 5.30. The molecular weight excluding hydrogens is 395 g/mol. The molecule has 2 rings (SSSR count). The van der Waals surface area contributed by atoms with Crippen molar-refractivity contribution in [3.05, 3.63) is 62.7 Å². The first-order chi connectivity index (χ1) is 9.95. The van der Waals surface area contributed by atoms with Crippen molar-refractivity contribution < 1.29 is 4.79 Å². The molecule has 21 heavy (non-hydrogen) atoms. The van der Waals surface area contributed by atoms with Gasteiger partial charge in [-0.1, -0.05) is 12.1 Å². The van der Waals surface area contributed by atoms with Gasteiger partial charge >= 0.3 is 0 Å². The topological polar surface area (TPSA) is 41.1 Å². The smallest absolute Gasteiger partial charge is 0.257 e. The molecule has 0 aliphatic rings. The third kappa shape index (κ3) is 4.50. The van der Waals surface area contributed by atoms with E-state index in [1.807, 2.05) is 43.3 Å². The van der Waals surface area contributed by atoms with Crippen molar-refractivity contribution in [1.82, 2.24) is 5.32 Å². The normalized spacial score (nSPS) is 10.0. The molecule has 3 nitrogen and oxygen atoms in total. The zero-order valence-electron chi connectivity index (χ0n) is 11.7. The number of rotatable bonds is 2. The van der Waals surface area contributed by atoms with Crippen LogP contribution in [0.5, 0.6) is 0 Å². The molecule has 0 atom stereocenters. The first kappa shape index (κ1) is 15.9. The number of amides is 1. The van der Waals surface area contributed by atoms with Crippen LogP contribution in [0.3, 0.4) is 0 Å². The third-order valence-electron chi connectivity index (χ3n) is 3.08. The molecular formula is C16H15IN2OS. The number of hydrogen-bond acceptors (Lipinski definition) is 2. The highest BCUT2D eigenvalue weighted by molar-refractivity contribution is 14.1. The van der Waals surface area contributed by atoms with Crippen molar-refractivity contribution in [3.8, 4) is 0 Å². The second kappa shape index (κ2) is 7.00. The SMILES string of the molecule is Cc1ccc(NC(=S)NC(=O)c2cccc(I)c2)cc1C. The monoisotopic (exact) mass is 410 g/mol. The minimum Gasteiger partial charge on any atom is -0.332 e. The third-order valence-corrected chi connectivity index (χ3v) is 3.95. The van der Waals surface area contributed by atoms with Crippen LogP contribution in [0.4, 0.5) is 5.69 Å². The van der Waals surface area contributed by atoms with Gasteiger partial charge in [0.25, 0.3) is 5.91 Å². The fourth-order valence-electron chi connectivity index (χ4n) is 1.79. The van der Waals surface area contributed by atoms with Gasteiger partial charge in [0.15, 0.2) is 5.11 Å². The first-order valence-corrected chi connectivity index (χ1v) is 7.89. The Morgan fingerprint density at radius 2 is 1.86 bits per heavy atom. The van der Waals surface area contributed by atoms with Crippen LogP contribution >= 0.6 is 34.8 Å². The number of carbonyl (C=O) groups excluding carboxylic acids is 1. The van der Waals surface area contributed by atoms with E-state index in [9.17, 15) is 4.79 Å². The van der Waals surface area contributed by atoms with Gasteiger partial charge in [0, 0.05) is 14.8 Å². The van der Waals surface area contributed by atoms with Gasteiger partial charge in [0.05, 0.1) is 0 Å². The molecule has 0 aromatic heterocycles. The Morgan fingerprint density at radius 1 is 1.10 bits per heavy atom. The van der Waals surface area contributed by atoms with E-state index in [0.717, 1.165) is 9.26 Å². The Labute approximate surface area is 143 Å². The van der Waals surface area contributed by atoms with Crippen molar-refractivity contribution in [2.75, 3.05) is 5.32 Å². The summed E-state index contributed by atoms with van der Waals surface area (Å²) in [6, 6.07) is 13.3. The Morgan fingerprint density at radius 3 is 2.52 bits per heavy atom. The van der Waals surface area contributed by atoms with E-state index in [1.54, 1.807) is 6.07 Å². The molecule has 0 aliphatic carbocycles. The maximum absolute atomic E-state index is 12.1. The van der Waals surface area contributed by atoms with Crippen LogP contribution in [0.2, 0.25) is 0 Å². The van der Waals surface area contributed by atoms with Gasteiger partial charge in [-0.3, -0.25) is 10.1 Å². The first-order valence-electron chi connectivity index (χ1n) is 6.41. The summed E-state index contributed by atoms with van der Waals surface area (Å²) in [5, 5.41) is 6.00. The van der Waals surface area contributed by atoms with Gasteiger partial charge < -0.3 is 5.32 Å². The van der Waals surface area contributed by atoms with Crippen LogP contribution in [0, 0.1) is 17.4 Å². The highest BCUT2D eigenvalue weighted by Gasteiger charge is 2.08. The second-order valence-corrected chi connectivity index (χ2v) is 6.37. The van der Waals surface area contributed by atoms with E-state index in [4.69, 9.17) is 12.2 Å². The fourth-order valence-corrected chi connectivity index (χ4v) is 2.54. The molecule has 0 spiro atoms. The fraction of sp³-hybridized carbons (Fsp3) is 0.125. The highest BCUT2D eigenvalue weighted by atomic mass is 127. The average Bonchev–Trinajstić information content (AvgIpc) is 2.43. The van der Waals surface area contributed by atoms with Crippen LogP contribution in [-0.2, 0) is 0 Å². The molecule has 0 saturated carbocycles. The van der Waals surface area contributed by atoms with Crippen LogP contribution in [0.15, 0.2) is 42.5 Å². The lowest BCUT2D eigenvalue weighted by Gasteiger charge is -2.11. The van der Waals surface area contributed by atoms with E-state index in [0.29, 0.717) is 10.7 Å². The number of halogens is 1. The maximum Gasteiger partial charge on any atom is 0.257 e. The van der Waals surface area contributed by atoms with E-state index in [2.05, 4.69) is 40.1 Å². The lowest BCUT2D eigenvalue weighted by molar-refractivity contribution is 0.0977. The average molecular weight is 410 g/mol. The van der Waals surface area contributed by atoms with Crippen molar-refractivity contribution in [3.63, 3.8) is 0 Å². The molecule has 5 heteroatoms. The van der Waals surface area contributed by atoms with Crippen molar-refractivity contribution in [1.29, 1.82) is 0 Å². The van der Waals surface area contributed by atoms with Crippen LogP contribution in [0.25, 0.3) is 0 Å². The van der Waals surface area contributed by atoms with Gasteiger partial charge in [-0.25, -0.2) is 0 Å².